The molecule has 1 N–H and O–H groups in total. The summed E-state index contributed by atoms with van der Waals surface area (Å²) in [5.41, 5.74) is 0. The molecule has 0 unspecified atom stereocenters. The molecule has 82 valence electrons. The molecule has 3 nitrogen and oxygen atoms in total. The summed E-state index contributed by atoms with van der Waals surface area (Å²) in [5, 5.41) is 10.5. The van der Waals surface area contributed by atoms with Gasteiger partial charge in [-0.3, -0.25) is 0 Å². The zero-order valence-electron chi connectivity index (χ0n) is 8.44. The Morgan fingerprint density at radius 1 is 1.53 bits per heavy atom. The van der Waals surface area contributed by atoms with Gasteiger partial charge in [0.25, 0.3) is 0 Å². The summed E-state index contributed by atoms with van der Waals surface area (Å²) in [4.78, 5) is 11.0. The molecule has 15 heavy (non-hydrogen) atoms. The second kappa shape index (κ2) is 4.66. The van der Waals surface area contributed by atoms with Gasteiger partial charge >= 0.3 is 5.97 Å². The van der Waals surface area contributed by atoms with Crippen molar-refractivity contribution >= 4 is 17.3 Å². The fourth-order valence-electron chi connectivity index (χ4n) is 1.90. The highest BCUT2D eigenvalue weighted by atomic mass is 32.1. The first kappa shape index (κ1) is 10.5. The van der Waals surface area contributed by atoms with Crippen molar-refractivity contribution in [3.63, 3.8) is 0 Å². The van der Waals surface area contributed by atoms with Gasteiger partial charge in [-0.1, -0.05) is 12.8 Å². The number of carboxylic acids is 1. The van der Waals surface area contributed by atoms with Crippen molar-refractivity contribution in [2.24, 2.45) is 5.92 Å². The summed E-state index contributed by atoms with van der Waals surface area (Å²) in [7, 11) is 0. The number of carbonyl (C=O) groups is 1. The minimum absolute atomic E-state index is 0.344. The highest BCUT2D eigenvalue weighted by Crippen LogP contribution is 2.27. The second-order valence-electron chi connectivity index (χ2n) is 3.91. The van der Waals surface area contributed by atoms with E-state index in [4.69, 9.17) is 9.84 Å². The number of thiophene rings is 1. The van der Waals surface area contributed by atoms with Crippen LogP contribution in [0.4, 0.5) is 0 Å². The van der Waals surface area contributed by atoms with Crippen LogP contribution in [-0.4, -0.2) is 17.7 Å². The zero-order chi connectivity index (χ0) is 10.7. The molecular weight excluding hydrogens is 212 g/mol. The molecule has 4 heteroatoms. The minimum atomic E-state index is -0.879. The molecule has 0 radical (unpaired) electrons. The van der Waals surface area contributed by atoms with E-state index >= 15 is 0 Å². The SMILES string of the molecule is O=C(O)c1cc(OCC2CCCC2)cs1. The number of aromatic carboxylic acids is 1. The van der Waals surface area contributed by atoms with Crippen molar-refractivity contribution in [1.82, 2.24) is 0 Å². The molecule has 1 aromatic heterocycles. The van der Waals surface area contributed by atoms with Crippen molar-refractivity contribution in [2.45, 2.75) is 25.7 Å². The van der Waals surface area contributed by atoms with Gasteiger partial charge in [0, 0.05) is 11.4 Å². The van der Waals surface area contributed by atoms with E-state index in [-0.39, 0.29) is 0 Å². The average Bonchev–Trinajstić information content (AvgIpc) is 2.86. The van der Waals surface area contributed by atoms with Crippen LogP contribution in [0.1, 0.15) is 35.4 Å². The Morgan fingerprint density at radius 2 is 2.27 bits per heavy atom. The quantitative estimate of drug-likeness (QED) is 0.858. The Kier molecular flexibility index (Phi) is 3.26. The Labute approximate surface area is 92.7 Å². The first-order valence-corrected chi connectivity index (χ1v) is 6.08. The van der Waals surface area contributed by atoms with Crippen molar-refractivity contribution in [2.75, 3.05) is 6.61 Å². The maximum absolute atomic E-state index is 10.6. The first-order chi connectivity index (χ1) is 7.25. The largest absolute Gasteiger partial charge is 0.492 e. The molecule has 1 fully saturated rings. The van der Waals surface area contributed by atoms with Gasteiger partial charge in [0.2, 0.25) is 0 Å². The first-order valence-electron chi connectivity index (χ1n) is 5.20. The van der Waals surface area contributed by atoms with E-state index in [1.165, 1.54) is 37.0 Å². The molecule has 0 amide bonds. The predicted octanol–water partition coefficient (Wildman–Crippen LogP) is 3.02. The molecule has 0 atom stereocenters. The standard InChI is InChI=1S/C11H14O3S/c12-11(13)10-5-9(7-15-10)14-6-8-3-1-2-4-8/h5,7-8H,1-4,6H2,(H,12,13). The lowest BCUT2D eigenvalue weighted by Crippen LogP contribution is -2.07. The highest BCUT2D eigenvalue weighted by Gasteiger charge is 2.16. The molecule has 0 saturated heterocycles. The van der Waals surface area contributed by atoms with Gasteiger partial charge < -0.3 is 9.84 Å². The molecule has 1 aliphatic rings. The van der Waals surface area contributed by atoms with Crippen LogP contribution in [0.2, 0.25) is 0 Å². The van der Waals surface area contributed by atoms with Crippen LogP contribution >= 0.6 is 11.3 Å². The molecule has 0 aliphatic heterocycles. The topological polar surface area (TPSA) is 46.5 Å². The van der Waals surface area contributed by atoms with Crippen molar-refractivity contribution in [1.29, 1.82) is 0 Å². The third-order valence-electron chi connectivity index (χ3n) is 2.75. The van der Waals surface area contributed by atoms with Crippen LogP contribution in [0.25, 0.3) is 0 Å². The third kappa shape index (κ3) is 2.72. The maximum Gasteiger partial charge on any atom is 0.346 e. The molecular formula is C11H14O3S. The summed E-state index contributed by atoms with van der Waals surface area (Å²) in [6, 6.07) is 1.60. The van der Waals surface area contributed by atoms with E-state index in [0.29, 0.717) is 16.5 Å². The van der Waals surface area contributed by atoms with Gasteiger partial charge in [0.15, 0.2) is 0 Å². The molecule has 1 aromatic rings. The molecule has 1 heterocycles. The van der Waals surface area contributed by atoms with E-state index < -0.39 is 5.97 Å². The maximum atomic E-state index is 10.6. The number of rotatable bonds is 4. The normalized spacial score (nSPS) is 16.8. The van der Waals surface area contributed by atoms with Crippen LogP contribution in [-0.2, 0) is 0 Å². The lowest BCUT2D eigenvalue weighted by molar-refractivity contribution is 0.0702. The molecule has 1 aliphatic carbocycles. The monoisotopic (exact) mass is 226 g/mol. The van der Waals surface area contributed by atoms with Gasteiger partial charge in [-0.05, 0) is 18.8 Å². The number of carboxylic acid groups (broad SMARTS) is 1. The minimum Gasteiger partial charge on any atom is -0.492 e. The number of hydrogen-bond donors (Lipinski definition) is 1. The van der Waals surface area contributed by atoms with Crippen molar-refractivity contribution in [3.05, 3.63) is 16.3 Å². The van der Waals surface area contributed by atoms with E-state index in [2.05, 4.69) is 0 Å². The van der Waals surface area contributed by atoms with E-state index in [9.17, 15) is 4.79 Å². The van der Waals surface area contributed by atoms with Gasteiger partial charge in [-0.15, -0.1) is 11.3 Å². The van der Waals surface area contributed by atoms with Crippen LogP contribution in [0.3, 0.4) is 0 Å². The molecule has 2 rings (SSSR count). The van der Waals surface area contributed by atoms with Crippen LogP contribution in [0.15, 0.2) is 11.4 Å². The van der Waals surface area contributed by atoms with Crippen LogP contribution in [0, 0.1) is 5.92 Å². The summed E-state index contributed by atoms with van der Waals surface area (Å²) < 4.78 is 5.57. The Balaban J connectivity index is 1.84. The zero-order valence-corrected chi connectivity index (χ0v) is 9.26. The van der Waals surface area contributed by atoms with E-state index in [1.807, 2.05) is 0 Å². The summed E-state index contributed by atoms with van der Waals surface area (Å²) in [5.74, 6) is 0.484. The van der Waals surface area contributed by atoms with E-state index in [1.54, 1.807) is 11.4 Å². The highest BCUT2D eigenvalue weighted by molar-refractivity contribution is 7.12. The summed E-state index contributed by atoms with van der Waals surface area (Å²) in [6.07, 6.45) is 5.10. The van der Waals surface area contributed by atoms with Crippen molar-refractivity contribution in [3.8, 4) is 5.75 Å². The summed E-state index contributed by atoms with van der Waals surface area (Å²) in [6.45, 7) is 0.732. The Hall–Kier alpha value is -1.03. The number of ether oxygens (including phenoxy) is 1. The molecule has 1 saturated carbocycles. The fraction of sp³-hybridized carbons (Fsp3) is 0.545. The summed E-state index contributed by atoms with van der Waals surface area (Å²) >= 11 is 1.22. The van der Waals surface area contributed by atoms with Crippen molar-refractivity contribution < 1.29 is 14.6 Å². The van der Waals surface area contributed by atoms with E-state index in [0.717, 1.165) is 6.61 Å². The Bertz CT molecular complexity index is 339. The number of hydrogen-bond acceptors (Lipinski definition) is 3. The smallest absolute Gasteiger partial charge is 0.346 e. The third-order valence-corrected chi connectivity index (χ3v) is 3.64. The van der Waals surface area contributed by atoms with Gasteiger partial charge in [0.05, 0.1) is 6.61 Å². The van der Waals surface area contributed by atoms with Gasteiger partial charge in [0.1, 0.15) is 10.6 Å². The molecule has 0 spiro atoms. The van der Waals surface area contributed by atoms with Crippen LogP contribution in [0.5, 0.6) is 5.75 Å². The van der Waals surface area contributed by atoms with Gasteiger partial charge in [-0.2, -0.15) is 0 Å². The van der Waals surface area contributed by atoms with Crippen LogP contribution < -0.4 is 4.74 Å². The predicted molar refractivity (Wildman–Crippen MR) is 58.7 cm³/mol. The molecule has 0 bridgehead atoms. The second-order valence-corrected chi connectivity index (χ2v) is 4.82. The lowest BCUT2D eigenvalue weighted by Gasteiger charge is -2.09. The average molecular weight is 226 g/mol. The lowest BCUT2D eigenvalue weighted by atomic mass is 10.1. The Morgan fingerprint density at radius 3 is 2.87 bits per heavy atom. The molecule has 0 aromatic carbocycles. The fourth-order valence-corrected chi connectivity index (χ4v) is 2.56. The van der Waals surface area contributed by atoms with Gasteiger partial charge in [-0.25, -0.2) is 4.79 Å².